The lowest BCUT2D eigenvalue weighted by Crippen LogP contribution is -2.43. The molecule has 100 valence electrons. The van der Waals surface area contributed by atoms with E-state index in [9.17, 15) is 4.79 Å². The summed E-state index contributed by atoms with van der Waals surface area (Å²) in [5.41, 5.74) is 1.12. The van der Waals surface area contributed by atoms with E-state index < -0.39 is 0 Å². The number of fused-ring (bicyclic) bond motifs is 3. The Morgan fingerprint density at radius 1 is 1.32 bits per heavy atom. The lowest BCUT2D eigenvalue weighted by molar-refractivity contribution is -0.122. The van der Waals surface area contributed by atoms with Crippen molar-refractivity contribution >= 4 is 23.4 Å². The quantitative estimate of drug-likeness (QED) is 0.852. The van der Waals surface area contributed by atoms with Crippen LogP contribution in [0.3, 0.4) is 0 Å². The van der Waals surface area contributed by atoms with Crippen molar-refractivity contribution in [2.24, 2.45) is 5.92 Å². The summed E-state index contributed by atoms with van der Waals surface area (Å²) >= 11 is 1.86. The van der Waals surface area contributed by atoms with Gasteiger partial charge in [-0.25, -0.2) is 0 Å². The zero-order valence-electron chi connectivity index (χ0n) is 10.8. The van der Waals surface area contributed by atoms with E-state index in [1.165, 1.54) is 17.7 Å². The minimum atomic E-state index is 0.204. The van der Waals surface area contributed by atoms with E-state index in [-0.39, 0.29) is 5.92 Å². The van der Waals surface area contributed by atoms with Gasteiger partial charge in [-0.3, -0.25) is 4.79 Å². The number of benzene rings is 1. The fraction of sp³-hybridized carbons (Fsp3) is 0.533. The monoisotopic (exact) mass is 274 g/mol. The second-order valence-electron chi connectivity index (χ2n) is 5.70. The van der Waals surface area contributed by atoms with E-state index in [1.807, 2.05) is 22.7 Å². The van der Waals surface area contributed by atoms with Crippen LogP contribution in [0.25, 0.3) is 0 Å². The molecule has 3 unspecified atom stereocenters. The summed E-state index contributed by atoms with van der Waals surface area (Å²) in [5, 5.41) is 3.57. The summed E-state index contributed by atoms with van der Waals surface area (Å²) in [7, 11) is 0. The third kappa shape index (κ3) is 1.89. The molecule has 0 saturated carbocycles. The van der Waals surface area contributed by atoms with Crippen LogP contribution in [-0.4, -0.2) is 30.3 Å². The molecule has 0 aliphatic carbocycles. The van der Waals surface area contributed by atoms with Crippen LogP contribution in [-0.2, 0) is 4.79 Å². The van der Waals surface area contributed by atoms with E-state index in [4.69, 9.17) is 0 Å². The van der Waals surface area contributed by atoms with E-state index in [0.717, 1.165) is 24.4 Å². The molecule has 3 nitrogen and oxygen atoms in total. The smallest absolute Gasteiger partial charge is 0.231 e. The molecule has 1 N–H and O–H groups in total. The highest BCUT2D eigenvalue weighted by Gasteiger charge is 2.44. The SMILES string of the molecule is O=C(C1CC2CCC1N2)N1CCSc2ccccc21. The average molecular weight is 274 g/mol. The number of anilines is 1. The Balaban J connectivity index is 1.61. The van der Waals surface area contributed by atoms with Crippen LogP contribution in [0.4, 0.5) is 5.69 Å². The molecule has 4 rings (SSSR count). The molecule has 2 fully saturated rings. The van der Waals surface area contributed by atoms with Crippen molar-refractivity contribution < 1.29 is 4.79 Å². The Hall–Kier alpha value is -1.00. The number of para-hydroxylation sites is 1. The number of hydrogen-bond acceptors (Lipinski definition) is 3. The molecule has 0 radical (unpaired) electrons. The Labute approximate surface area is 117 Å². The number of carbonyl (C=O) groups excluding carboxylic acids is 1. The molecule has 4 heteroatoms. The Kier molecular flexibility index (Phi) is 2.81. The van der Waals surface area contributed by atoms with Gasteiger partial charge < -0.3 is 10.2 Å². The van der Waals surface area contributed by atoms with Crippen molar-refractivity contribution in [1.29, 1.82) is 0 Å². The molecule has 3 heterocycles. The number of thioether (sulfide) groups is 1. The molecule has 1 aromatic rings. The number of nitrogens with zero attached hydrogens (tertiary/aromatic N) is 1. The van der Waals surface area contributed by atoms with Gasteiger partial charge in [0.15, 0.2) is 0 Å². The van der Waals surface area contributed by atoms with Gasteiger partial charge in [-0.1, -0.05) is 12.1 Å². The average Bonchev–Trinajstić information content (AvgIpc) is 3.08. The van der Waals surface area contributed by atoms with E-state index in [1.54, 1.807) is 0 Å². The van der Waals surface area contributed by atoms with Crippen molar-refractivity contribution in [3.8, 4) is 0 Å². The molecule has 0 spiro atoms. The number of hydrogen-bond donors (Lipinski definition) is 1. The van der Waals surface area contributed by atoms with E-state index in [2.05, 4.69) is 23.5 Å². The second kappa shape index (κ2) is 4.53. The zero-order valence-corrected chi connectivity index (χ0v) is 11.7. The van der Waals surface area contributed by atoms with E-state index in [0.29, 0.717) is 18.0 Å². The highest BCUT2D eigenvalue weighted by atomic mass is 32.2. The first-order valence-corrected chi connectivity index (χ1v) is 8.11. The summed E-state index contributed by atoms with van der Waals surface area (Å²) in [4.78, 5) is 16.1. The van der Waals surface area contributed by atoms with Crippen molar-refractivity contribution in [2.45, 2.75) is 36.2 Å². The summed E-state index contributed by atoms with van der Waals surface area (Å²) in [6.45, 7) is 0.856. The zero-order chi connectivity index (χ0) is 12.8. The fourth-order valence-corrected chi connectivity index (χ4v) is 4.69. The van der Waals surface area contributed by atoms with Gasteiger partial charge in [-0.2, -0.15) is 0 Å². The van der Waals surface area contributed by atoms with Gasteiger partial charge in [0.25, 0.3) is 0 Å². The standard InChI is InChI=1S/C15H18N2OS/c18-15(11-9-10-5-6-12(11)16-10)17-7-8-19-14-4-2-1-3-13(14)17/h1-4,10-12,16H,5-9H2. The lowest BCUT2D eigenvalue weighted by atomic mass is 9.88. The number of nitrogens with one attached hydrogen (secondary N) is 1. The highest BCUT2D eigenvalue weighted by Crippen LogP contribution is 2.39. The molecule has 2 bridgehead atoms. The Bertz CT molecular complexity index is 519. The predicted molar refractivity (Wildman–Crippen MR) is 77.6 cm³/mol. The molecule has 1 aromatic carbocycles. The number of rotatable bonds is 1. The minimum absolute atomic E-state index is 0.204. The summed E-state index contributed by atoms with van der Waals surface area (Å²) in [6, 6.07) is 9.31. The van der Waals surface area contributed by atoms with Crippen molar-refractivity contribution in [3.05, 3.63) is 24.3 Å². The predicted octanol–water partition coefficient (Wildman–Crippen LogP) is 2.27. The maximum Gasteiger partial charge on any atom is 0.231 e. The van der Waals surface area contributed by atoms with Crippen LogP contribution in [0.1, 0.15) is 19.3 Å². The van der Waals surface area contributed by atoms with Crippen molar-refractivity contribution in [1.82, 2.24) is 5.32 Å². The Morgan fingerprint density at radius 2 is 2.21 bits per heavy atom. The fourth-order valence-electron chi connectivity index (χ4n) is 3.70. The number of amides is 1. The third-order valence-electron chi connectivity index (χ3n) is 4.61. The van der Waals surface area contributed by atoms with Gasteiger partial charge in [0.2, 0.25) is 5.91 Å². The molecule has 0 aromatic heterocycles. The van der Waals surface area contributed by atoms with Gasteiger partial charge in [-0.15, -0.1) is 11.8 Å². The maximum atomic E-state index is 12.8. The van der Waals surface area contributed by atoms with Crippen LogP contribution in [0.5, 0.6) is 0 Å². The topological polar surface area (TPSA) is 32.3 Å². The Morgan fingerprint density at radius 3 is 3.00 bits per heavy atom. The summed E-state index contributed by atoms with van der Waals surface area (Å²) in [5.74, 6) is 1.55. The highest BCUT2D eigenvalue weighted by molar-refractivity contribution is 7.99. The molecule has 3 aliphatic rings. The molecular weight excluding hydrogens is 256 g/mol. The van der Waals surface area contributed by atoms with Crippen LogP contribution < -0.4 is 10.2 Å². The first-order chi connectivity index (χ1) is 9.33. The van der Waals surface area contributed by atoms with Crippen LogP contribution >= 0.6 is 11.8 Å². The van der Waals surface area contributed by atoms with Gasteiger partial charge in [0, 0.05) is 29.3 Å². The normalized spacial score (nSPS) is 32.4. The first kappa shape index (κ1) is 11.8. The van der Waals surface area contributed by atoms with Gasteiger partial charge in [0.1, 0.15) is 0 Å². The first-order valence-electron chi connectivity index (χ1n) is 7.12. The molecule has 2 saturated heterocycles. The van der Waals surface area contributed by atoms with Crippen LogP contribution in [0.15, 0.2) is 29.2 Å². The molecular formula is C15H18N2OS. The largest absolute Gasteiger partial charge is 0.310 e. The second-order valence-corrected chi connectivity index (χ2v) is 6.83. The van der Waals surface area contributed by atoms with Gasteiger partial charge in [0.05, 0.1) is 11.6 Å². The number of carbonyl (C=O) groups is 1. The third-order valence-corrected chi connectivity index (χ3v) is 5.65. The molecule has 1 amide bonds. The lowest BCUT2D eigenvalue weighted by Gasteiger charge is -2.32. The summed E-state index contributed by atoms with van der Waals surface area (Å²) < 4.78 is 0. The van der Waals surface area contributed by atoms with Gasteiger partial charge >= 0.3 is 0 Å². The molecule has 19 heavy (non-hydrogen) atoms. The van der Waals surface area contributed by atoms with Crippen molar-refractivity contribution in [2.75, 3.05) is 17.2 Å². The van der Waals surface area contributed by atoms with Gasteiger partial charge in [-0.05, 0) is 31.4 Å². The molecule has 3 atom stereocenters. The minimum Gasteiger partial charge on any atom is -0.310 e. The van der Waals surface area contributed by atoms with E-state index >= 15 is 0 Å². The van der Waals surface area contributed by atoms with Crippen molar-refractivity contribution in [3.63, 3.8) is 0 Å². The molecule has 3 aliphatic heterocycles. The van der Waals surface area contributed by atoms with Crippen LogP contribution in [0.2, 0.25) is 0 Å². The van der Waals surface area contributed by atoms with Crippen LogP contribution in [0, 0.1) is 5.92 Å². The maximum absolute atomic E-state index is 12.8. The summed E-state index contributed by atoms with van der Waals surface area (Å²) in [6.07, 6.45) is 3.46.